The van der Waals surface area contributed by atoms with Crippen LogP contribution < -0.4 is 14.8 Å². The minimum Gasteiger partial charge on any atom is -0.493 e. The van der Waals surface area contributed by atoms with Crippen LogP contribution in [-0.2, 0) is 17.8 Å². The van der Waals surface area contributed by atoms with E-state index in [-0.39, 0.29) is 12.3 Å². The van der Waals surface area contributed by atoms with Gasteiger partial charge in [0.15, 0.2) is 11.5 Å². The molecule has 0 spiro atoms. The summed E-state index contributed by atoms with van der Waals surface area (Å²) in [6.07, 6.45) is 2.90. The lowest BCUT2D eigenvalue weighted by atomic mass is 10.2. The summed E-state index contributed by atoms with van der Waals surface area (Å²) in [6, 6.07) is 11.4. The third kappa shape index (κ3) is 5.29. The van der Waals surface area contributed by atoms with Gasteiger partial charge in [0, 0.05) is 18.1 Å². The molecule has 28 heavy (non-hydrogen) atoms. The third-order valence-electron chi connectivity index (χ3n) is 3.96. The molecule has 0 fully saturated rings. The molecule has 0 unspecified atom stereocenters. The van der Waals surface area contributed by atoms with Crippen molar-refractivity contribution in [2.45, 2.75) is 26.3 Å². The number of ether oxygens (including phenoxy) is 2. The summed E-state index contributed by atoms with van der Waals surface area (Å²) < 4.78 is 11.0. The summed E-state index contributed by atoms with van der Waals surface area (Å²) in [5.74, 6) is 1.30. The zero-order valence-electron chi connectivity index (χ0n) is 16.0. The number of pyridine rings is 1. The summed E-state index contributed by atoms with van der Waals surface area (Å²) in [5.41, 5.74) is 2.50. The molecular weight excluding hydrogens is 374 g/mol. The fourth-order valence-corrected chi connectivity index (χ4v) is 3.37. The Labute approximate surface area is 168 Å². The van der Waals surface area contributed by atoms with Crippen molar-refractivity contribution in [3.8, 4) is 22.2 Å². The predicted octanol–water partition coefficient (Wildman–Crippen LogP) is 3.86. The van der Waals surface area contributed by atoms with Crippen LogP contribution in [0.25, 0.3) is 10.7 Å². The van der Waals surface area contributed by atoms with E-state index in [1.165, 1.54) is 11.3 Å². The number of aromatic nitrogens is 2. The monoisotopic (exact) mass is 397 g/mol. The Hall–Kier alpha value is -2.93. The first-order valence-corrected chi connectivity index (χ1v) is 9.99. The minimum atomic E-state index is -0.0804. The number of benzene rings is 1. The highest BCUT2D eigenvalue weighted by atomic mass is 32.1. The Morgan fingerprint density at radius 2 is 2.11 bits per heavy atom. The summed E-state index contributed by atoms with van der Waals surface area (Å²) in [6.45, 7) is 3.11. The van der Waals surface area contributed by atoms with Crippen molar-refractivity contribution in [2.75, 3.05) is 13.7 Å². The largest absolute Gasteiger partial charge is 0.493 e. The summed E-state index contributed by atoms with van der Waals surface area (Å²) in [7, 11) is 1.61. The quantitative estimate of drug-likeness (QED) is 0.593. The van der Waals surface area contributed by atoms with E-state index in [9.17, 15) is 4.79 Å². The van der Waals surface area contributed by atoms with E-state index in [1.807, 2.05) is 41.8 Å². The molecule has 0 bridgehead atoms. The highest BCUT2D eigenvalue weighted by Gasteiger charge is 2.11. The van der Waals surface area contributed by atoms with Gasteiger partial charge in [0.05, 0.1) is 31.5 Å². The highest BCUT2D eigenvalue weighted by molar-refractivity contribution is 7.13. The number of carbonyl (C=O) groups is 1. The van der Waals surface area contributed by atoms with Crippen LogP contribution in [0, 0.1) is 0 Å². The lowest BCUT2D eigenvalue weighted by Gasteiger charge is -2.12. The van der Waals surface area contributed by atoms with Gasteiger partial charge in [-0.05, 0) is 36.2 Å². The molecule has 7 heteroatoms. The van der Waals surface area contributed by atoms with Gasteiger partial charge >= 0.3 is 0 Å². The first-order valence-electron chi connectivity index (χ1n) is 9.11. The molecule has 0 aliphatic rings. The number of thiazole rings is 1. The number of amides is 1. The van der Waals surface area contributed by atoms with E-state index in [2.05, 4.69) is 22.2 Å². The van der Waals surface area contributed by atoms with Crippen LogP contribution in [-0.4, -0.2) is 29.6 Å². The first-order chi connectivity index (χ1) is 13.7. The molecule has 0 aliphatic heterocycles. The van der Waals surface area contributed by atoms with Crippen molar-refractivity contribution in [3.63, 3.8) is 0 Å². The number of nitrogens with one attached hydrogen (secondary N) is 1. The van der Waals surface area contributed by atoms with Crippen LogP contribution in [0.1, 0.15) is 24.6 Å². The number of nitrogens with zero attached hydrogens (tertiary/aromatic N) is 2. The van der Waals surface area contributed by atoms with Gasteiger partial charge in [-0.2, -0.15) is 0 Å². The molecule has 2 heterocycles. The second-order valence-corrected chi connectivity index (χ2v) is 7.00. The molecular formula is C21H23N3O3S. The van der Waals surface area contributed by atoms with Crippen molar-refractivity contribution in [1.82, 2.24) is 15.3 Å². The summed E-state index contributed by atoms with van der Waals surface area (Å²) >= 11 is 1.49. The number of hydrogen-bond acceptors (Lipinski definition) is 6. The lowest BCUT2D eigenvalue weighted by Crippen LogP contribution is -2.24. The molecule has 0 aliphatic carbocycles. The van der Waals surface area contributed by atoms with Crippen LogP contribution >= 0.6 is 11.3 Å². The first kappa shape index (κ1) is 19.8. The van der Waals surface area contributed by atoms with E-state index in [0.29, 0.717) is 24.7 Å². The van der Waals surface area contributed by atoms with Gasteiger partial charge in [-0.3, -0.25) is 9.78 Å². The van der Waals surface area contributed by atoms with Gasteiger partial charge in [0.25, 0.3) is 0 Å². The Kier molecular flexibility index (Phi) is 6.97. The van der Waals surface area contributed by atoms with Crippen LogP contribution in [0.3, 0.4) is 0 Å². The normalized spacial score (nSPS) is 10.5. The molecule has 6 nitrogen and oxygen atoms in total. The summed E-state index contributed by atoms with van der Waals surface area (Å²) in [5, 5.41) is 5.63. The van der Waals surface area contributed by atoms with Crippen molar-refractivity contribution in [2.24, 2.45) is 0 Å². The van der Waals surface area contributed by atoms with Crippen molar-refractivity contribution >= 4 is 17.2 Å². The fourth-order valence-electron chi connectivity index (χ4n) is 2.58. The summed E-state index contributed by atoms with van der Waals surface area (Å²) in [4.78, 5) is 21.1. The Morgan fingerprint density at radius 3 is 2.86 bits per heavy atom. The molecule has 2 aromatic heterocycles. The van der Waals surface area contributed by atoms with Crippen molar-refractivity contribution < 1.29 is 14.3 Å². The van der Waals surface area contributed by atoms with Crippen LogP contribution in [0.5, 0.6) is 11.5 Å². The average Bonchev–Trinajstić information content (AvgIpc) is 3.20. The number of carbonyl (C=O) groups excluding carboxylic acids is 1. The van der Waals surface area contributed by atoms with Gasteiger partial charge in [0.2, 0.25) is 5.91 Å². The molecule has 1 N–H and O–H groups in total. The molecule has 0 saturated heterocycles. The smallest absolute Gasteiger partial charge is 0.226 e. The SMILES string of the molecule is CCCOc1ccc(CNC(=O)Cc2csc(-c3ccccn3)n2)cc1OC. The van der Waals surface area contributed by atoms with Crippen LogP contribution in [0.2, 0.25) is 0 Å². The van der Waals surface area contributed by atoms with E-state index in [4.69, 9.17) is 9.47 Å². The maximum Gasteiger partial charge on any atom is 0.226 e. The van der Waals surface area contributed by atoms with Gasteiger partial charge < -0.3 is 14.8 Å². The highest BCUT2D eigenvalue weighted by Crippen LogP contribution is 2.28. The van der Waals surface area contributed by atoms with Crippen LogP contribution in [0.4, 0.5) is 0 Å². The maximum atomic E-state index is 12.3. The lowest BCUT2D eigenvalue weighted by molar-refractivity contribution is -0.120. The standard InChI is InChI=1S/C21H23N3O3S/c1-3-10-27-18-8-7-15(11-19(18)26-2)13-23-20(25)12-16-14-28-21(24-16)17-6-4-5-9-22-17/h4-9,11,14H,3,10,12-13H2,1-2H3,(H,23,25). The fraction of sp³-hybridized carbons (Fsp3) is 0.286. The molecule has 1 aromatic carbocycles. The van der Waals surface area contributed by atoms with Crippen molar-refractivity contribution in [3.05, 3.63) is 59.2 Å². The van der Waals surface area contributed by atoms with E-state index in [0.717, 1.165) is 28.4 Å². The Morgan fingerprint density at radius 1 is 1.21 bits per heavy atom. The van der Waals surface area contributed by atoms with Gasteiger partial charge in [-0.15, -0.1) is 11.3 Å². The molecule has 0 atom stereocenters. The Bertz CT molecular complexity index is 912. The average molecular weight is 398 g/mol. The molecule has 0 radical (unpaired) electrons. The maximum absolute atomic E-state index is 12.3. The molecule has 3 rings (SSSR count). The second-order valence-electron chi connectivity index (χ2n) is 6.15. The number of rotatable bonds is 9. The predicted molar refractivity (Wildman–Crippen MR) is 110 cm³/mol. The Balaban J connectivity index is 1.55. The molecule has 0 saturated carbocycles. The zero-order valence-corrected chi connectivity index (χ0v) is 16.8. The van der Waals surface area contributed by atoms with Crippen LogP contribution in [0.15, 0.2) is 48.0 Å². The van der Waals surface area contributed by atoms with Gasteiger partial charge in [-0.25, -0.2) is 4.98 Å². The minimum absolute atomic E-state index is 0.0804. The topological polar surface area (TPSA) is 73.3 Å². The molecule has 1 amide bonds. The third-order valence-corrected chi connectivity index (χ3v) is 4.87. The zero-order chi connectivity index (χ0) is 19.8. The molecule has 146 valence electrons. The van der Waals surface area contributed by atoms with E-state index in [1.54, 1.807) is 13.3 Å². The molecule has 3 aromatic rings. The van der Waals surface area contributed by atoms with Crippen molar-refractivity contribution in [1.29, 1.82) is 0 Å². The second kappa shape index (κ2) is 9.85. The van der Waals surface area contributed by atoms with Gasteiger partial charge in [0.1, 0.15) is 5.01 Å². The number of methoxy groups -OCH3 is 1. The van der Waals surface area contributed by atoms with E-state index >= 15 is 0 Å². The van der Waals surface area contributed by atoms with E-state index < -0.39 is 0 Å². The number of hydrogen-bond donors (Lipinski definition) is 1. The van der Waals surface area contributed by atoms with Gasteiger partial charge in [-0.1, -0.05) is 19.1 Å².